The van der Waals surface area contributed by atoms with Gasteiger partial charge in [-0.3, -0.25) is 18.6 Å². The number of nitrogens with zero attached hydrogens (tertiary/aromatic N) is 1. The Morgan fingerprint density at radius 1 is 0.316 bits per heavy atom. The molecule has 0 spiro atoms. The molecule has 9 nitrogen and oxygen atoms in total. The quantitative estimate of drug-likeness (QED) is 0.0211. The highest BCUT2D eigenvalue weighted by atomic mass is 31.2. The maximum Gasteiger partial charge on any atom is 0.472 e. The van der Waals surface area contributed by atoms with E-state index in [2.05, 4.69) is 172 Å². The smallest absolute Gasteiger partial charge is 0.462 e. The molecule has 0 aliphatic rings. The third kappa shape index (κ3) is 80.6. The van der Waals surface area contributed by atoms with Crippen LogP contribution in [0, 0.1) is 0 Å². The second-order valence-electron chi connectivity index (χ2n) is 27.7. The summed E-state index contributed by atoms with van der Waals surface area (Å²) in [7, 11) is 1.48. The lowest BCUT2D eigenvalue weighted by Gasteiger charge is -2.24. The van der Waals surface area contributed by atoms with Gasteiger partial charge in [0.2, 0.25) is 0 Å². The van der Waals surface area contributed by atoms with Gasteiger partial charge in [0, 0.05) is 12.8 Å². The summed E-state index contributed by atoms with van der Waals surface area (Å²) in [6.45, 7) is 4.23. The van der Waals surface area contributed by atoms with Gasteiger partial charge in [-0.2, -0.15) is 0 Å². The zero-order chi connectivity index (χ0) is 71.1. The number of esters is 2. The number of rotatable bonds is 73. The molecule has 2 atom stereocenters. The van der Waals surface area contributed by atoms with E-state index in [1.165, 1.54) is 186 Å². The van der Waals surface area contributed by atoms with Gasteiger partial charge in [0.15, 0.2) is 6.10 Å². The Morgan fingerprint density at radius 3 is 0.816 bits per heavy atom. The molecule has 0 fully saturated rings. The number of allylic oxidation sites excluding steroid dienone is 26. The number of ether oxygens (including phenoxy) is 2. The van der Waals surface area contributed by atoms with E-state index in [1.54, 1.807) is 0 Å². The number of phosphoric acid groups is 1. The number of carbonyl (C=O) groups excluding carboxylic acids is 2. The highest BCUT2D eigenvalue weighted by Gasteiger charge is 2.27. The largest absolute Gasteiger partial charge is 0.472 e. The summed E-state index contributed by atoms with van der Waals surface area (Å²) >= 11 is 0. The molecule has 0 aromatic rings. The van der Waals surface area contributed by atoms with Crippen molar-refractivity contribution in [1.29, 1.82) is 0 Å². The molecule has 0 radical (unpaired) electrons. The zero-order valence-electron chi connectivity index (χ0n) is 64.0. The molecule has 0 aliphatic carbocycles. The maximum absolute atomic E-state index is 12.9. The molecule has 0 rings (SSSR count). The number of likely N-dealkylation sites (N-methyl/N-ethyl adjacent to an activating group) is 1. The van der Waals surface area contributed by atoms with Crippen molar-refractivity contribution in [3.63, 3.8) is 0 Å². The van der Waals surface area contributed by atoms with E-state index >= 15 is 0 Å². The highest BCUT2D eigenvalue weighted by molar-refractivity contribution is 7.47. The second kappa shape index (κ2) is 76.8. The number of quaternary nitrogens is 1. The normalized spacial score (nSPS) is 13.9. The first kappa shape index (κ1) is 93.6. The lowest BCUT2D eigenvalue weighted by molar-refractivity contribution is -0.870. The molecule has 1 N–H and O–H groups in total. The van der Waals surface area contributed by atoms with E-state index in [9.17, 15) is 19.0 Å². The third-order valence-electron chi connectivity index (χ3n) is 17.1. The first-order valence-electron chi connectivity index (χ1n) is 40.2. The van der Waals surface area contributed by atoms with Crippen molar-refractivity contribution in [3.8, 4) is 0 Å². The van der Waals surface area contributed by atoms with Crippen molar-refractivity contribution in [2.24, 2.45) is 0 Å². The van der Waals surface area contributed by atoms with Crippen LogP contribution in [0.1, 0.15) is 335 Å². The molecule has 0 amide bonds. The van der Waals surface area contributed by atoms with Crippen LogP contribution in [0.25, 0.3) is 0 Å². The molecule has 2 unspecified atom stereocenters. The molecule has 0 aromatic carbocycles. The van der Waals surface area contributed by atoms with E-state index in [-0.39, 0.29) is 32.0 Å². The maximum atomic E-state index is 12.9. The zero-order valence-corrected chi connectivity index (χ0v) is 64.9. The average molecular weight is 1380 g/mol. The summed E-state index contributed by atoms with van der Waals surface area (Å²) in [6.07, 6.45) is 115. The summed E-state index contributed by atoms with van der Waals surface area (Å²) in [4.78, 5) is 36.0. The van der Waals surface area contributed by atoms with Gasteiger partial charge >= 0.3 is 19.8 Å². The van der Waals surface area contributed by atoms with Gasteiger partial charge in [0.05, 0.1) is 27.7 Å². The molecule has 0 bridgehead atoms. The predicted octanol–water partition coefficient (Wildman–Crippen LogP) is 27.1. The lowest BCUT2D eigenvalue weighted by atomic mass is 10.0. The monoisotopic (exact) mass is 1380 g/mol. The van der Waals surface area contributed by atoms with E-state index in [1.807, 2.05) is 21.1 Å². The summed E-state index contributed by atoms with van der Waals surface area (Å²) in [6, 6.07) is 0. The highest BCUT2D eigenvalue weighted by Crippen LogP contribution is 2.43. The fourth-order valence-electron chi connectivity index (χ4n) is 11.0. The van der Waals surface area contributed by atoms with Crippen LogP contribution in [-0.4, -0.2) is 74.9 Å². The van der Waals surface area contributed by atoms with Crippen LogP contribution in [0.2, 0.25) is 0 Å². The van der Waals surface area contributed by atoms with Crippen molar-refractivity contribution in [1.82, 2.24) is 0 Å². The van der Waals surface area contributed by atoms with E-state index in [0.29, 0.717) is 17.4 Å². The molecule has 0 saturated carbocycles. The van der Waals surface area contributed by atoms with E-state index in [4.69, 9.17) is 18.5 Å². The van der Waals surface area contributed by atoms with Gasteiger partial charge in [-0.15, -0.1) is 0 Å². The summed E-state index contributed by atoms with van der Waals surface area (Å²) in [5.41, 5.74) is 0. The van der Waals surface area contributed by atoms with Gasteiger partial charge in [-0.1, -0.05) is 358 Å². The van der Waals surface area contributed by atoms with Gasteiger partial charge in [-0.25, -0.2) is 4.57 Å². The Labute approximate surface area is 605 Å². The fraction of sp³-hybridized carbons (Fsp3) is 0.682. The van der Waals surface area contributed by atoms with Crippen molar-refractivity contribution in [2.45, 2.75) is 341 Å². The number of phosphoric ester groups is 1. The van der Waals surface area contributed by atoms with Crippen LogP contribution in [0.5, 0.6) is 0 Å². The summed E-state index contributed by atoms with van der Waals surface area (Å²) < 4.78 is 34.8. The molecule has 560 valence electrons. The van der Waals surface area contributed by atoms with E-state index < -0.39 is 26.5 Å². The number of hydrogen-bond acceptors (Lipinski definition) is 7. The van der Waals surface area contributed by atoms with Crippen LogP contribution in [-0.2, 0) is 32.7 Å². The first-order chi connectivity index (χ1) is 48.0. The van der Waals surface area contributed by atoms with Crippen LogP contribution >= 0.6 is 7.82 Å². The molecule has 0 aliphatic heterocycles. The fourth-order valence-corrected chi connectivity index (χ4v) is 11.7. The number of unbranched alkanes of at least 4 members (excludes halogenated alkanes) is 33. The Morgan fingerprint density at radius 2 is 0.551 bits per heavy atom. The second-order valence-corrected chi connectivity index (χ2v) is 29.1. The predicted molar refractivity (Wildman–Crippen MR) is 426 cm³/mol. The molecule has 10 heteroatoms. The third-order valence-corrected chi connectivity index (χ3v) is 18.0. The van der Waals surface area contributed by atoms with Crippen LogP contribution in [0.4, 0.5) is 0 Å². The first-order valence-corrected chi connectivity index (χ1v) is 41.7. The number of carbonyl (C=O) groups is 2. The minimum absolute atomic E-state index is 0.0276. The standard InChI is InChI=1S/C88H150NO8P/c1-6-8-10-12-14-16-18-20-22-24-26-28-30-32-34-36-38-40-41-42-43-44-45-46-47-49-51-53-55-57-59-61-63-65-67-69-71-73-75-77-79-81-88(91)97-86(85-96-98(92,93)95-83-82-89(3,4)5)84-94-87(90)80-78-76-74-72-70-68-66-64-62-60-58-56-54-52-50-48-39-37-35-33-31-29-27-25-23-21-19-17-15-13-11-9-7-2/h8-11,14-17,20-23,26-29,32-35,38-40,42-43,48,86H,6-7,12-13,18-19,24-25,30-31,36-37,41,44-47,49-85H2,1-5H3/p+1/b10-8-,11-9-,16-14-,17-15-,22-20-,23-21-,28-26-,29-27-,34-32-,35-33-,40-38-,43-42-,48-39-. The summed E-state index contributed by atoms with van der Waals surface area (Å²) in [5.74, 6) is -0.792. The minimum atomic E-state index is -4.40. The van der Waals surface area contributed by atoms with E-state index in [0.717, 1.165) is 116 Å². The molecule has 0 heterocycles. The Hall–Kier alpha value is -4.37. The Balaban J connectivity index is 3.98. The van der Waals surface area contributed by atoms with Gasteiger partial charge < -0.3 is 18.9 Å². The van der Waals surface area contributed by atoms with Crippen LogP contribution in [0.3, 0.4) is 0 Å². The van der Waals surface area contributed by atoms with Crippen molar-refractivity contribution in [2.75, 3.05) is 47.5 Å². The topological polar surface area (TPSA) is 108 Å². The lowest BCUT2D eigenvalue weighted by Crippen LogP contribution is -2.37. The van der Waals surface area contributed by atoms with Crippen molar-refractivity contribution >= 4 is 19.8 Å². The van der Waals surface area contributed by atoms with Crippen molar-refractivity contribution in [3.05, 3.63) is 158 Å². The average Bonchev–Trinajstić information content (AvgIpc) is 1.08. The molecule has 98 heavy (non-hydrogen) atoms. The number of hydrogen-bond donors (Lipinski definition) is 1. The summed E-state index contributed by atoms with van der Waals surface area (Å²) in [5, 5.41) is 0. The van der Waals surface area contributed by atoms with Crippen molar-refractivity contribution < 1.29 is 42.1 Å². The van der Waals surface area contributed by atoms with Crippen LogP contribution in [0.15, 0.2) is 158 Å². The Bertz CT molecular complexity index is 2220. The van der Waals surface area contributed by atoms with Crippen LogP contribution < -0.4 is 0 Å². The van der Waals surface area contributed by atoms with Gasteiger partial charge in [0.1, 0.15) is 19.8 Å². The minimum Gasteiger partial charge on any atom is -0.462 e. The molecular formula is C88H151NO8P+. The van der Waals surface area contributed by atoms with Gasteiger partial charge in [0.25, 0.3) is 0 Å². The molecule has 0 aromatic heterocycles. The molecule has 0 saturated heterocycles. The van der Waals surface area contributed by atoms with Gasteiger partial charge in [-0.05, 0) is 122 Å². The SMILES string of the molecule is CC/C=C\C/C=C\C/C=C\C/C=C\C/C=C\C/C=C\C/C=C\CCCCCCCCCCCCCCCCCCCCCC(=O)OC(COC(=O)CCCCCCCCCCCCCCCC/C=C\C/C=C\C/C=C\C/C=C\C/C=C\C/C=C\CC)COP(=O)(O)OCC[N+](C)(C)C. The Kier molecular flexibility index (Phi) is 73.4. The molecular weight excluding hydrogens is 1230 g/mol.